The van der Waals surface area contributed by atoms with E-state index in [1.165, 1.54) is 0 Å². The van der Waals surface area contributed by atoms with Crippen LogP contribution in [-0.2, 0) is 9.53 Å². The average Bonchev–Trinajstić information content (AvgIpc) is 2.98. The van der Waals surface area contributed by atoms with Gasteiger partial charge in [-0.3, -0.25) is 0 Å². The summed E-state index contributed by atoms with van der Waals surface area (Å²) in [6.07, 6.45) is 1.66. The van der Waals surface area contributed by atoms with Gasteiger partial charge in [-0.25, -0.2) is 9.79 Å². The van der Waals surface area contributed by atoms with Crippen LogP contribution in [0.2, 0.25) is 0 Å². The van der Waals surface area contributed by atoms with Crippen molar-refractivity contribution in [3.63, 3.8) is 0 Å². The lowest BCUT2D eigenvalue weighted by molar-refractivity contribution is -0.129. The van der Waals surface area contributed by atoms with Gasteiger partial charge in [-0.1, -0.05) is 12.1 Å². The monoisotopic (exact) mass is 415 g/mol. The van der Waals surface area contributed by atoms with Gasteiger partial charge < -0.3 is 14.2 Å². The Balaban J connectivity index is 1.96. The van der Waals surface area contributed by atoms with Gasteiger partial charge in [0.05, 0.1) is 18.8 Å². The molecule has 0 unspecified atom stereocenters. The molecule has 0 amide bonds. The number of esters is 1. The lowest BCUT2D eigenvalue weighted by Crippen LogP contribution is -2.06. The molecule has 2 aromatic carbocycles. The van der Waals surface area contributed by atoms with Crippen LogP contribution in [-0.4, -0.2) is 25.1 Å². The minimum Gasteiger partial charge on any atom is -0.494 e. The second kappa shape index (κ2) is 8.19. The van der Waals surface area contributed by atoms with Crippen molar-refractivity contribution in [3.05, 3.63) is 63.8 Å². The van der Waals surface area contributed by atoms with Gasteiger partial charge in [-0.05, 0) is 60.1 Å². The molecule has 5 nitrogen and oxygen atoms in total. The second-order valence-electron chi connectivity index (χ2n) is 5.38. The van der Waals surface area contributed by atoms with Crippen LogP contribution in [0.3, 0.4) is 0 Å². The number of carbonyl (C=O) groups excluding carboxylic acids is 1. The first-order chi connectivity index (χ1) is 12.6. The van der Waals surface area contributed by atoms with Crippen molar-refractivity contribution in [1.82, 2.24) is 0 Å². The summed E-state index contributed by atoms with van der Waals surface area (Å²) < 4.78 is 17.3. The Morgan fingerprint density at radius 2 is 1.88 bits per heavy atom. The zero-order valence-corrected chi connectivity index (χ0v) is 16.1. The number of cyclic esters (lactones) is 1. The third kappa shape index (κ3) is 3.96. The van der Waals surface area contributed by atoms with Crippen molar-refractivity contribution in [2.75, 3.05) is 13.2 Å². The molecule has 0 aliphatic carbocycles. The SMILES string of the molecule is CCOc1ccc(/C=C2\N=C(c3ccccc3Br)OC2=O)c(OCC)c1. The van der Waals surface area contributed by atoms with Crippen LogP contribution in [0.1, 0.15) is 25.0 Å². The van der Waals surface area contributed by atoms with E-state index in [4.69, 9.17) is 14.2 Å². The molecule has 134 valence electrons. The van der Waals surface area contributed by atoms with Gasteiger partial charge in [0.2, 0.25) is 5.90 Å². The van der Waals surface area contributed by atoms with Gasteiger partial charge in [-0.15, -0.1) is 0 Å². The second-order valence-corrected chi connectivity index (χ2v) is 6.24. The molecule has 1 aliphatic rings. The number of nitrogens with zero attached hydrogens (tertiary/aromatic N) is 1. The Kier molecular flexibility index (Phi) is 5.73. The van der Waals surface area contributed by atoms with Gasteiger partial charge in [-0.2, -0.15) is 0 Å². The maximum atomic E-state index is 12.2. The maximum absolute atomic E-state index is 12.2. The molecule has 1 aliphatic heterocycles. The molecule has 0 aromatic heterocycles. The largest absolute Gasteiger partial charge is 0.494 e. The number of rotatable bonds is 6. The topological polar surface area (TPSA) is 57.1 Å². The van der Waals surface area contributed by atoms with Crippen LogP contribution >= 0.6 is 15.9 Å². The first kappa shape index (κ1) is 18.2. The van der Waals surface area contributed by atoms with E-state index in [1.807, 2.05) is 50.2 Å². The average molecular weight is 416 g/mol. The number of hydrogen-bond donors (Lipinski definition) is 0. The van der Waals surface area contributed by atoms with Gasteiger partial charge in [0.1, 0.15) is 11.5 Å². The zero-order valence-electron chi connectivity index (χ0n) is 14.5. The molecule has 0 radical (unpaired) electrons. The van der Waals surface area contributed by atoms with E-state index in [9.17, 15) is 4.79 Å². The van der Waals surface area contributed by atoms with E-state index in [2.05, 4.69) is 20.9 Å². The highest BCUT2D eigenvalue weighted by Gasteiger charge is 2.25. The Morgan fingerprint density at radius 3 is 2.62 bits per heavy atom. The molecule has 26 heavy (non-hydrogen) atoms. The van der Waals surface area contributed by atoms with E-state index in [1.54, 1.807) is 12.1 Å². The zero-order chi connectivity index (χ0) is 18.5. The Bertz CT molecular complexity index is 889. The van der Waals surface area contributed by atoms with Crippen molar-refractivity contribution >= 4 is 33.9 Å². The number of benzene rings is 2. The number of carbonyl (C=O) groups is 1. The van der Waals surface area contributed by atoms with Crippen molar-refractivity contribution in [1.29, 1.82) is 0 Å². The summed E-state index contributed by atoms with van der Waals surface area (Å²) in [5.74, 6) is 1.12. The predicted molar refractivity (Wildman–Crippen MR) is 104 cm³/mol. The molecule has 1 heterocycles. The molecule has 3 rings (SSSR count). The first-order valence-electron chi connectivity index (χ1n) is 8.29. The minimum absolute atomic E-state index is 0.223. The summed E-state index contributed by atoms with van der Waals surface area (Å²) in [5.41, 5.74) is 1.68. The van der Waals surface area contributed by atoms with Crippen molar-refractivity contribution in [2.45, 2.75) is 13.8 Å². The van der Waals surface area contributed by atoms with Crippen LogP contribution in [0, 0.1) is 0 Å². The lowest BCUT2D eigenvalue weighted by Gasteiger charge is -2.10. The summed E-state index contributed by atoms with van der Waals surface area (Å²) in [5, 5.41) is 0. The molecule has 0 fully saturated rings. The van der Waals surface area contributed by atoms with E-state index in [0.29, 0.717) is 24.7 Å². The lowest BCUT2D eigenvalue weighted by atomic mass is 10.1. The Labute approximate surface area is 160 Å². The van der Waals surface area contributed by atoms with Crippen molar-refractivity contribution < 1.29 is 19.0 Å². The number of ether oxygens (including phenoxy) is 3. The summed E-state index contributed by atoms with van der Waals surface area (Å²) in [6.45, 7) is 4.89. The minimum atomic E-state index is -0.493. The highest BCUT2D eigenvalue weighted by molar-refractivity contribution is 9.10. The molecule has 2 aromatic rings. The van der Waals surface area contributed by atoms with Crippen molar-refractivity contribution in [2.24, 2.45) is 4.99 Å². The van der Waals surface area contributed by atoms with Crippen LogP contribution in [0.4, 0.5) is 0 Å². The quantitative estimate of drug-likeness (QED) is 0.511. The predicted octanol–water partition coefficient (Wildman–Crippen LogP) is 4.59. The molecule has 0 N–H and O–H groups in total. The van der Waals surface area contributed by atoms with E-state index in [-0.39, 0.29) is 11.6 Å². The number of halogens is 1. The third-order valence-corrected chi connectivity index (χ3v) is 4.30. The van der Waals surface area contributed by atoms with E-state index < -0.39 is 5.97 Å². The fourth-order valence-electron chi connectivity index (χ4n) is 2.48. The maximum Gasteiger partial charge on any atom is 0.363 e. The molecule has 0 atom stereocenters. The number of hydrogen-bond acceptors (Lipinski definition) is 5. The number of aliphatic imine (C=N–C) groups is 1. The molecule has 6 heteroatoms. The molecule has 0 spiro atoms. The smallest absolute Gasteiger partial charge is 0.363 e. The Hall–Kier alpha value is -2.60. The van der Waals surface area contributed by atoms with Gasteiger partial charge in [0.15, 0.2) is 5.70 Å². The first-order valence-corrected chi connectivity index (χ1v) is 9.08. The van der Waals surface area contributed by atoms with Gasteiger partial charge in [0.25, 0.3) is 0 Å². The third-order valence-electron chi connectivity index (χ3n) is 3.61. The van der Waals surface area contributed by atoms with Crippen LogP contribution < -0.4 is 9.47 Å². The van der Waals surface area contributed by atoms with Crippen LogP contribution in [0.25, 0.3) is 6.08 Å². The fraction of sp³-hybridized carbons (Fsp3) is 0.200. The molecule has 0 saturated carbocycles. The highest BCUT2D eigenvalue weighted by Crippen LogP contribution is 2.29. The Morgan fingerprint density at radius 1 is 1.12 bits per heavy atom. The van der Waals surface area contributed by atoms with Gasteiger partial charge in [0, 0.05) is 16.1 Å². The van der Waals surface area contributed by atoms with Crippen molar-refractivity contribution in [3.8, 4) is 11.5 Å². The standard InChI is InChI=1S/C20H18BrNO4/c1-3-24-14-10-9-13(18(12-14)25-4-2)11-17-20(23)26-19(22-17)15-7-5-6-8-16(15)21/h5-12H,3-4H2,1-2H3/b17-11-. The summed E-state index contributed by atoms with van der Waals surface area (Å²) in [7, 11) is 0. The highest BCUT2D eigenvalue weighted by atomic mass is 79.9. The van der Waals surface area contributed by atoms with Crippen LogP contribution in [0.5, 0.6) is 11.5 Å². The summed E-state index contributed by atoms with van der Waals surface area (Å²) in [4.78, 5) is 16.6. The molecule has 0 bridgehead atoms. The van der Waals surface area contributed by atoms with E-state index >= 15 is 0 Å². The van der Waals surface area contributed by atoms with Crippen LogP contribution in [0.15, 0.2) is 57.6 Å². The summed E-state index contributed by atoms with van der Waals surface area (Å²) >= 11 is 3.44. The molecular weight excluding hydrogens is 398 g/mol. The fourth-order valence-corrected chi connectivity index (χ4v) is 2.93. The molecular formula is C20H18BrNO4. The normalized spacial score (nSPS) is 15.0. The van der Waals surface area contributed by atoms with E-state index in [0.717, 1.165) is 15.6 Å². The van der Waals surface area contributed by atoms with Gasteiger partial charge >= 0.3 is 5.97 Å². The summed E-state index contributed by atoms with van der Waals surface area (Å²) in [6, 6.07) is 12.9. The molecule has 0 saturated heterocycles.